The molecule has 0 radical (unpaired) electrons. The van der Waals surface area contributed by atoms with Crippen molar-refractivity contribution < 1.29 is 19.0 Å². The molecule has 0 saturated carbocycles. The summed E-state index contributed by atoms with van der Waals surface area (Å²) in [6.07, 6.45) is 0. The van der Waals surface area contributed by atoms with Crippen LogP contribution in [0.4, 0.5) is 15.8 Å². The van der Waals surface area contributed by atoms with Gasteiger partial charge >= 0.3 is 0 Å². The normalized spacial score (nSPS) is 10.4. The van der Waals surface area contributed by atoms with E-state index in [9.17, 15) is 9.18 Å². The maximum Gasteiger partial charge on any atom is 0.197 e. The Morgan fingerprint density at radius 2 is 1.83 bits per heavy atom. The van der Waals surface area contributed by atoms with E-state index in [0.29, 0.717) is 28.3 Å². The molecule has 0 atom stereocenters. The molecular weight excluding hydrogens is 329 g/mol. The van der Waals surface area contributed by atoms with Gasteiger partial charge in [-0.2, -0.15) is 16.2 Å². The maximum absolute atomic E-state index is 13.0. The van der Waals surface area contributed by atoms with Crippen molar-refractivity contribution in [3.05, 3.63) is 76.2 Å². The lowest BCUT2D eigenvalue weighted by Crippen LogP contribution is -2.05. The topological polar surface area (TPSA) is 47.6 Å². The van der Waals surface area contributed by atoms with Crippen molar-refractivity contribution in [3.63, 3.8) is 0 Å². The van der Waals surface area contributed by atoms with Gasteiger partial charge in [0.05, 0.1) is 12.7 Å². The first kappa shape index (κ1) is 16.2. The molecule has 1 heterocycles. The molecule has 6 heteroatoms. The van der Waals surface area contributed by atoms with Crippen molar-refractivity contribution in [2.75, 3.05) is 12.4 Å². The van der Waals surface area contributed by atoms with Gasteiger partial charge in [-0.25, -0.2) is 4.39 Å². The average molecular weight is 343 g/mol. The Kier molecular flexibility index (Phi) is 4.88. The highest BCUT2D eigenvalue weighted by Gasteiger charge is 2.17. The van der Waals surface area contributed by atoms with Crippen LogP contribution in [0.15, 0.2) is 59.3 Å². The Morgan fingerprint density at radius 3 is 2.50 bits per heavy atom. The zero-order valence-electron chi connectivity index (χ0n) is 12.8. The van der Waals surface area contributed by atoms with Gasteiger partial charge in [0.1, 0.15) is 5.82 Å². The van der Waals surface area contributed by atoms with Crippen LogP contribution in [0.25, 0.3) is 0 Å². The average Bonchev–Trinajstić information content (AvgIpc) is 3.12. The molecule has 1 N–H and O–H groups in total. The second-order valence-corrected chi connectivity index (χ2v) is 5.71. The number of halogens is 1. The van der Waals surface area contributed by atoms with Crippen LogP contribution in [0.1, 0.15) is 15.9 Å². The first-order valence-electron chi connectivity index (χ1n) is 7.11. The van der Waals surface area contributed by atoms with Crippen LogP contribution in [0.2, 0.25) is 0 Å². The van der Waals surface area contributed by atoms with Gasteiger partial charge in [-0.3, -0.25) is 4.79 Å². The maximum atomic E-state index is 13.0. The highest BCUT2D eigenvalue weighted by Crippen LogP contribution is 2.28. The van der Waals surface area contributed by atoms with Gasteiger partial charge in [-0.05, 0) is 53.9 Å². The molecule has 24 heavy (non-hydrogen) atoms. The third kappa shape index (κ3) is 3.61. The largest absolute Gasteiger partial charge is 0.356 e. The van der Waals surface area contributed by atoms with Crippen molar-refractivity contribution in [3.8, 4) is 5.75 Å². The van der Waals surface area contributed by atoms with Gasteiger partial charge in [0, 0.05) is 22.3 Å². The first-order chi connectivity index (χ1) is 11.7. The highest BCUT2D eigenvalue weighted by atomic mass is 32.1. The first-order valence-corrected chi connectivity index (χ1v) is 8.06. The Morgan fingerprint density at radius 1 is 1.08 bits per heavy atom. The fourth-order valence-corrected chi connectivity index (χ4v) is 2.83. The fraction of sp³-hybridized carbons (Fsp3) is 0.0556. The standard InChI is InChI=1S/C18H14FNO3S/c1-22-23-17-7-6-15(20-14-4-2-13(19)3-5-14)10-16(17)18(21)12-8-9-24-11-12/h2-11,20H,1H3. The number of benzene rings is 2. The van der Waals surface area contributed by atoms with E-state index in [1.54, 1.807) is 41.8 Å². The predicted octanol–water partition coefficient (Wildman–Crippen LogP) is 4.80. The molecule has 122 valence electrons. The number of thiophene rings is 1. The molecule has 0 spiro atoms. The minimum absolute atomic E-state index is 0.161. The van der Waals surface area contributed by atoms with Crippen molar-refractivity contribution in [2.24, 2.45) is 0 Å². The molecule has 0 aliphatic rings. The summed E-state index contributed by atoms with van der Waals surface area (Å²) in [5.41, 5.74) is 2.36. The molecule has 0 unspecified atom stereocenters. The van der Waals surface area contributed by atoms with E-state index in [1.165, 1.54) is 30.6 Å². The second-order valence-electron chi connectivity index (χ2n) is 4.93. The van der Waals surface area contributed by atoms with Crippen molar-refractivity contribution in [1.29, 1.82) is 0 Å². The lowest BCUT2D eigenvalue weighted by Gasteiger charge is -2.11. The number of carbonyl (C=O) groups is 1. The van der Waals surface area contributed by atoms with Crippen LogP contribution in [-0.2, 0) is 4.89 Å². The molecule has 2 aromatic carbocycles. The Balaban J connectivity index is 1.93. The lowest BCUT2D eigenvalue weighted by atomic mass is 10.0. The monoisotopic (exact) mass is 343 g/mol. The molecule has 0 saturated heterocycles. The molecule has 0 fully saturated rings. The van der Waals surface area contributed by atoms with Crippen molar-refractivity contribution >= 4 is 28.5 Å². The third-order valence-corrected chi connectivity index (χ3v) is 4.00. The summed E-state index contributed by atoms with van der Waals surface area (Å²) in [5.74, 6) is -0.137. The molecule has 0 amide bonds. The minimum atomic E-state index is -0.308. The van der Waals surface area contributed by atoms with E-state index in [4.69, 9.17) is 9.78 Å². The van der Waals surface area contributed by atoms with Crippen LogP contribution in [0, 0.1) is 5.82 Å². The number of carbonyl (C=O) groups excluding carboxylic acids is 1. The Bertz CT molecular complexity index is 832. The minimum Gasteiger partial charge on any atom is -0.356 e. The zero-order valence-corrected chi connectivity index (χ0v) is 13.6. The van der Waals surface area contributed by atoms with E-state index in [1.807, 2.05) is 5.38 Å². The van der Waals surface area contributed by atoms with E-state index in [2.05, 4.69) is 5.32 Å². The van der Waals surface area contributed by atoms with Gasteiger partial charge in [-0.1, -0.05) is 0 Å². The van der Waals surface area contributed by atoms with Crippen molar-refractivity contribution in [1.82, 2.24) is 0 Å². The molecule has 0 aliphatic heterocycles. The number of ketones is 1. The summed E-state index contributed by atoms with van der Waals surface area (Å²) in [6, 6.07) is 12.8. The smallest absolute Gasteiger partial charge is 0.197 e. The van der Waals surface area contributed by atoms with Crippen LogP contribution in [-0.4, -0.2) is 12.9 Å². The summed E-state index contributed by atoms with van der Waals surface area (Å²) >= 11 is 1.45. The van der Waals surface area contributed by atoms with Gasteiger partial charge in [0.2, 0.25) is 0 Å². The summed E-state index contributed by atoms with van der Waals surface area (Å²) in [4.78, 5) is 22.4. The van der Waals surface area contributed by atoms with Gasteiger partial charge in [0.15, 0.2) is 11.5 Å². The summed E-state index contributed by atoms with van der Waals surface area (Å²) < 4.78 is 13.0. The Hall–Kier alpha value is -2.70. The molecule has 0 aliphatic carbocycles. The molecule has 4 nitrogen and oxygen atoms in total. The molecule has 3 rings (SSSR count). The van der Waals surface area contributed by atoms with Crippen LogP contribution >= 0.6 is 11.3 Å². The molecule has 0 bridgehead atoms. The van der Waals surface area contributed by atoms with Crippen LogP contribution in [0.3, 0.4) is 0 Å². The third-order valence-electron chi connectivity index (χ3n) is 3.31. The van der Waals surface area contributed by atoms with Gasteiger partial charge in [0.25, 0.3) is 0 Å². The summed E-state index contributed by atoms with van der Waals surface area (Å²) in [6.45, 7) is 0. The molecule has 1 aromatic heterocycles. The van der Waals surface area contributed by atoms with E-state index in [0.717, 1.165) is 0 Å². The fourth-order valence-electron chi connectivity index (χ4n) is 2.20. The molecular formula is C18H14FNO3S. The van der Waals surface area contributed by atoms with E-state index >= 15 is 0 Å². The quantitative estimate of drug-likeness (QED) is 0.397. The van der Waals surface area contributed by atoms with Crippen LogP contribution in [0.5, 0.6) is 5.75 Å². The van der Waals surface area contributed by atoms with Crippen LogP contribution < -0.4 is 10.2 Å². The SMILES string of the molecule is COOc1ccc(Nc2ccc(F)cc2)cc1C(=O)c1ccsc1. The predicted molar refractivity (Wildman–Crippen MR) is 91.5 cm³/mol. The van der Waals surface area contributed by atoms with E-state index < -0.39 is 0 Å². The van der Waals surface area contributed by atoms with Gasteiger partial charge in [-0.15, -0.1) is 0 Å². The number of nitrogens with one attached hydrogen (secondary N) is 1. The second kappa shape index (κ2) is 7.25. The highest BCUT2D eigenvalue weighted by molar-refractivity contribution is 7.08. The summed E-state index contributed by atoms with van der Waals surface area (Å²) in [5, 5.41) is 6.74. The number of hydrogen-bond acceptors (Lipinski definition) is 5. The van der Waals surface area contributed by atoms with Gasteiger partial charge < -0.3 is 10.2 Å². The number of anilines is 2. The zero-order chi connectivity index (χ0) is 16.9. The number of hydrogen-bond donors (Lipinski definition) is 1. The summed E-state index contributed by atoms with van der Waals surface area (Å²) in [7, 11) is 1.38. The van der Waals surface area contributed by atoms with Crippen molar-refractivity contribution in [2.45, 2.75) is 0 Å². The molecule has 3 aromatic rings. The number of rotatable bonds is 6. The lowest BCUT2D eigenvalue weighted by molar-refractivity contribution is -0.178. The van der Waals surface area contributed by atoms with E-state index in [-0.39, 0.29) is 11.6 Å². The Labute approximate surface area is 142 Å².